The molecular formula is C22H25F2N3O2. The molecule has 5 nitrogen and oxygen atoms in total. The van der Waals surface area contributed by atoms with Crippen molar-refractivity contribution in [3.05, 3.63) is 76.6 Å². The molecule has 3 rings (SSSR count). The minimum absolute atomic E-state index is 0.0450. The normalized spacial score (nSPS) is 12.2. The molecule has 154 valence electrons. The molecule has 1 unspecified atom stereocenters. The van der Waals surface area contributed by atoms with Gasteiger partial charge in [0.15, 0.2) is 5.82 Å². The first-order chi connectivity index (χ1) is 13.9. The van der Waals surface area contributed by atoms with Gasteiger partial charge in [-0.25, -0.2) is 13.5 Å². The number of nitrogens with one attached hydrogen (secondary N) is 1. The molecule has 0 saturated carbocycles. The van der Waals surface area contributed by atoms with E-state index >= 15 is 0 Å². The molecule has 2 aromatic carbocycles. The summed E-state index contributed by atoms with van der Waals surface area (Å²) in [7, 11) is 0. The van der Waals surface area contributed by atoms with E-state index in [2.05, 4.69) is 10.4 Å². The van der Waals surface area contributed by atoms with Crippen LogP contribution >= 0.6 is 0 Å². The lowest BCUT2D eigenvalue weighted by Gasteiger charge is -2.16. The highest BCUT2D eigenvalue weighted by molar-refractivity contribution is 5.38. The zero-order valence-electron chi connectivity index (χ0n) is 16.7. The first kappa shape index (κ1) is 21.0. The van der Waals surface area contributed by atoms with E-state index in [4.69, 9.17) is 4.74 Å². The van der Waals surface area contributed by atoms with Crippen molar-refractivity contribution in [2.75, 3.05) is 6.61 Å². The van der Waals surface area contributed by atoms with E-state index in [9.17, 15) is 13.9 Å². The summed E-state index contributed by atoms with van der Waals surface area (Å²) in [6.07, 6.45) is 1.69. The van der Waals surface area contributed by atoms with Crippen LogP contribution in [0.25, 0.3) is 5.69 Å². The van der Waals surface area contributed by atoms with Gasteiger partial charge < -0.3 is 15.2 Å². The Morgan fingerprint density at radius 1 is 1.21 bits per heavy atom. The molecule has 1 aromatic heterocycles. The van der Waals surface area contributed by atoms with E-state index in [0.29, 0.717) is 18.9 Å². The van der Waals surface area contributed by atoms with Crippen molar-refractivity contribution in [1.29, 1.82) is 0 Å². The Kier molecular flexibility index (Phi) is 6.61. The Morgan fingerprint density at radius 3 is 2.69 bits per heavy atom. The summed E-state index contributed by atoms with van der Waals surface area (Å²) in [6, 6.07) is 9.12. The molecule has 0 bridgehead atoms. The third-order valence-corrected chi connectivity index (χ3v) is 4.86. The summed E-state index contributed by atoms with van der Waals surface area (Å²) in [6.45, 7) is 6.78. The number of aliphatic hydroxyl groups excluding tert-OH is 1. The molecule has 0 radical (unpaired) electrons. The van der Waals surface area contributed by atoms with E-state index in [1.54, 1.807) is 6.20 Å². The highest BCUT2D eigenvalue weighted by atomic mass is 19.1. The predicted molar refractivity (Wildman–Crippen MR) is 107 cm³/mol. The largest absolute Gasteiger partial charge is 0.494 e. The van der Waals surface area contributed by atoms with Crippen LogP contribution in [0.3, 0.4) is 0 Å². The predicted octanol–water partition coefficient (Wildman–Crippen LogP) is 4.20. The Labute approximate surface area is 168 Å². The summed E-state index contributed by atoms with van der Waals surface area (Å²) in [5.74, 6) is -0.594. The molecule has 7 heteroatoms. The van der Waals surface area contributed by atoms with Gasteiger partial charge in [0, 0.05) is 35.5 Å². The van der Waals surface area contributed by atoms with Gasteiger partial charge in [0.2, 0.25) is 0 Å². The molecule has 0 aliphatic rings. The van der Waals surface area contributed by atoms with Gasteiger partial charge in [0.05, 0.1) is 19.4 Å². The first-order valence-corrected chi connectivity index (χ1v) is 9.53. The van der Waals surface area contributed by atoms with Crippen LogP contribution in [0.15, 0.2) is 42.6 Å². The van der Waals surface area contributed by atoms with Crippen molar-refractivity contribution in [2.24, 2.45) is 0 Å². The van der Waals surface area contributed by atoms with Crippen LogP contribution in [0.4, 0.5) is 8.78 Å². The summed E-state index contributed by atoms with van der Waals surface area (Å²) in [4.78, 5) is 0. The Bertz CT molecular complexity index is 988. The number of aromatic nitrogens is 2. The molecular weight excluding hydrogens is 376 g/mol. The number of rotatable bonds is 8. The molecule has 0 aliphatic heterocycles. The van der Waals surface area contributed by atoms with Gasteiger partial charge in [0.25, 0.3) is 0 Å². The number of benzene rings is 2. The smallest absolute Gasteiger partial charge is 0.151 e. The lowest BCUT2D eigenvalue weighted by Crippen LogP contribution is -2.19. The summed E-state index contributed by atoms with van der Waals surface area (Å²) < 4.78 is 34.3. The van der Waals surface area contributed by atoms with Crippen LogP contribution in [0.5, 0.6) is 5.75 Å². The Morgan fingerprint density at radius 2 is 2.00 bits per heavy atom. The lowest BCUT2D eigenvalue weighted by molar-refractivity contribution is 0.267. The van der Waals surface area contributed by atoms with Gasteiger partial charge in [0.1, 0.15) is 17.3 Å². The number of hydrogen-bond donors (Lipinski definition) is 2. The average molecular weight is 401 g/mol. The van der Waals surface area contributed by atoms with E-state index in [1.165, 1.54) is 16.8 Å². The van der Waals surface area contributed by atoms with Gasteiger partial charge in [-0.1, -0.05) is 6.07 Å². The Balaban J connectivity index is 1.73. The molecule has 2 N–H and O–H groups in total. The standard InChI is InChI=1S/C22H25F2N3O2/c1-4-29-22-8-5-16(9-17(22)13-28)11-25-14(2)19-12-26-27(15(19)3)21-7-6-18(23)10-20(21)24/h5-10,12,14,25,28H,4,11,13H2,1-3H3. The fourth-order valence-electron chi connectivity index (χ4n) is 3.29. The number of ether oxygens (including phenoxy) is 1. The van der Waals surface area contributed by atoms with E-state index in [1.807, 2.05) is 39.0 Å². The molecule has 3 aromatic rings. The van der Waals surface area contributed by atoms with Crippen LogP contribution in [-0.2, 0) is 13.2 Å². The van der Waals surface area contributed by atoms with Gasteiger partial charge in [-0.15, -0.1) is 0 Å². The SMILES string of the molecule is CCOc1ccc(CNC(C)c2cnn(-c3ccc(F)cc3F)c2C)cc1CO. The van der Waals surface area contributed by atoms with Crippen LogP contribution in [0, 0.1) is 18.6 Å². The molecule has 0 aliphatic carbocycles. The topological polar surface area (TPSA) is 59.3 Å². The maximum atomic E-state index is 14.1. The van der Waals surface area contributed by atoms with Crippen molar-refractivity contribution in [1.82, 2.24) is 15.1 Å². The van der Waals surface area contributed by atoms with E-state index in [0.717, 1.165) is 28.5 Å². The highest BCUT2D eigenvalue weighted by Gasteiger charge is 2.16. The number of halogens is 2. The van der Waals surface area contributed by atoms with Crippen molar-refractivity contribution in [2.45, 2.75) is 40.0 Å². The van der Waals surface area contributed by atoms with Crippen LogP contribution in [0.2, 0.25) is 0 Å². The summed E-state index contributed by atoms with van der Waals surface area (Å²) in [5.41, 5.74) is 3.66. The minimum Gasteiger partial charge on any atom is -0.494 e. The molecule has 0 fully saturated rings. The quantitative estimate of drug-likeness (QED) is 0.594. The number of aliphatic hydroxyl groups is 1. The molecule has 1 atom stereocenters. The fourth-order valence-corrected chi connectivity index (χ4v) is 3.29. The van der Waals surface area contributed by atoms with Gasteiger partial charge in [-0.05, 0) is 50.6 Å². The van der Waals surface area contributed by atoms with Crippen LogP contribution in [-0.4, -0.2) is 21.5 Å². The average Bonchev–Trinajstić information content (AvgIpc) is 3.08. The molecule has 0 amide bonds. The van der Waals surface area contributed by atoms with Gasteiger partial charge in [-0.2, -0.15) is 5.10 Å². The third-order valence-electron chi connectivity index (χ3n) is 4.86. The summed E-state index contributed by atoms with van der Waals surface area (Å²) in [5, 5.41) is 17.2. The maximum absolute atomic E-state index is 14.1. The van der Waals surface area contributed by atoms with Crippen molar-refractivity contribution >= 4 is 0 Å². The minimum atomic E-state index is -0.658. The molecule has 0 spiro atoms. The lowest BCUT2D eigenvalue weighted by atomic mass is 10.1. The molecule has 1 heterocycles. The first-order valence-electron chi connectivity index (χ1n) is 9.53. The van der Waals surface area contributed by atoms with Gasteiger partial charge >= 0.3 is 0 Å². The monoisotopic (exact) mass is 401 g/mol. The third kappa shape index (κ3) is 4.63. The van der Waals surface area contributed by atoms with Crippen LogP contribution in [0.1, 0.15) is 42.3 Å². The second-order valence-corrected chi connectivity index (χ2v) is 6.83. The summed E-state index contributed by atoms with van der Waals surface area (Å²) >= 11 is 0. The maximum Gasteiger partial charge on any atom is 0.151 e. The van der Waals surface area contributed by atoms with Crippen molar-refractivity contribution in [3.63, 3.8) is 0 Å². The highest BCUT2D eigenvalue weighted by Crippen LogP contribution is 2.24. The van der Waals surface area contributed by atoms with Crippen molar-refractivity contribution in [3.8, 4) is 11.4 Å². The zero-order chi connectivity index (χ0) is 21.0. The Hall–Kier alpha value is -2.77. The van der Waals surface area contributed by atoms with Crippen molar-refractivity contribution < 1.29 is 18.6 Å². The molecule has 29 heavy (non-hydrogen) atoms. The number of nitrogens with zero attached hydrogens (tertiary/aromatic N) is 2. The number of hydrogen-bond acceptors (Lipinski definition) is 4. The van der Waals surface area contributed by atoms with E-state index in [-0.39, 0.29) is 18.3 Å². The van der Waals surface area contributed by atoms with E-state index < -0.39 is 11.6 Å². The van der Waals surface area contributed by atoms with Gasteiger partial charge in [-0.3, -0.25) is 0 Å². The molecule has 0 saturated heterocycles. The second-order valence-electron chi connectivity index (χ2n) is 6.83. The van der Waals surface area contributed by atoms with Crippen LogP contribution < -0.4 is 10.1 Å². The zero-order valence-corrected chi connectivity index (χ0v) is 16.7. The second kappa shape index (κ2) is 9.15. The fraction of sp³-hybridized carbons (Fsp3) is 0.318.